The molecule has 0 saturated heterocycles. The molecule has 2 aromatic carbocycles. The Labute approximate surface area is 119 Å². The molecule has 3 nitrogen and oxygen atoms in total. The molecule has 0 heterocycles. The molecule has 0 atom stereocenters. The van der Waals surface area contributed by atoms with Gasteiger partial charge in [-0.3, -0.25) is 0 Å². The van der Waals surface area contributed by atoms with Crippen LogP contribution in [0, 0.1) is 18.3 Å². The van der Waals surface area contributed by atoms with E-state index in [2.05, 4.69) is 11.4 Å². The van der Waals surface area contributed by atoms with E-state index in [0.29, 0.717) is 6.61 Å². The average Bonchev–Trinajstić information content (AvgIpc) is 2.48. The Bertz CT molecular complexity index is 588. The zero-order chi connectivity index (χ0) is 14.2. The summed E-state index contributed by atoms with van der Waals surface area (Å²) in [6.45, 7) is 3.48. The zero-order valence-electron chi connectivity index (χ0n) is 11.6. The molecule has 0 aliphatic rings. The Morgan fingerprint density at radius 3 is 2.65 bits per heavy atom. The third-order valence-electron chi connectivity index (χ3n) is 3.01. The zero-order valence-corrected chi connectivity index (χ0v) is 11.6. The lowest BCUT2D eigenvalue weighted by molar-refractivity contribution is 0.315. The first-order valence-electron chi connectivity index (χ1n) is 6.72. The van der Waals surface area contributed by atoms with Crippen molar-refractivity contribution in [2.75, 3.05) is 18.5 Å². The number of para-hydroxylation sites is 1. The molecular formula is C17H18N2O. The third-order valence-corrected chi connectivity index (χ3v) is 3.01. The number of hydrogen-bond donors (Lipinski definition) is 1. The van der Waals surface area contributed by atoms with Gasteiger partial charge in [-0.15, -0.1) is 0 Å². The molecule has 3 heteroatoms. The van der Waals surface area contributed by atoms with Crippen molar-refractivity contribution in [3.63, 3.8) is 0 Å². The number of hydrogen-bond acceptors (Lipinski definition) is 3. The number of ether oxygens (including phenoxy) is 1. The quantitative estimate of drug-likeness (QED) is 0.810. The van der Waals surface area contributed by atoms with Crippen LogP contribution in [0.3, 0.4) is 0 Å². The third kappa shape index (κ3) is 4.03. The summed E-state index contributed by atoms with van der Waals surface area (Å²) in [7, 11) is 0. The average molecular weight is 266 g/mol. The summed E-state index contributed by atoms with van der Waals surface area (Å²) < 4.78 is 5.62. The standard InChI is InChI=1S/C17H18N2O/c1-14-12-16(9-8-15(14)13-18)19-10-5-11-20-17-6-3-2-4-7-17/h2-4,6-9,12,19H,5,10-11H2,1H3. The van der Waals surface area contributed by atoms with Crippen LogP contribution in [0.1, 0.15) is 17.5 Å². The molecule has 0 fully saturated rings. The number of aryl methyl sites for hydroxylation is 1. The van der Waals surface area contributed by atoms with Crippen LogP contribution in [-0.2, 0) is 0 Å². The van der Waals surface area contributed by atoms with Crippen molar-refractivity contribution in [2.45, 2.75) is 13.3 Å². The van der Waals surface area contributed by atoms with E-state index in [1.54, 1.807) is 0 Å². The highest BCUT2D eigenvalue weighted by Crippen LogP contribution is 2.14. The molecule has 0 amide bonds. The second-order valence-corrected chi connectivity index (χ2v) is 4.58. The van der Waals surface area contributed by atoms with Crippen molar-refractivity contribution < 1.29 is 4.74 Å². The molecule has 0 aliphatic carbocycles. The molecular weight excluding hydrogens is 248 g/mol. The Morgan fingerprint density at radius 1 is 1.15 bits per heavy atom. The van der Waals surface area contributed by atoms with Gasteiger partial charge in [0, 0.05) is 12.2 Å². The predicted octanol–water partition coefficient (Wildman–Crippen LogP) is 3.75. The van der Waals surface area contributed by atoms with Gasteiger partial charge in [-0.2, -0.15) is 5.26 Å². The summed E-state index contributed by atoms with van der Waals surface area (Å²) in [5.41, 5.74) is 2.77. The van der Waals surface area contributed by atoms with Crippen molar-refractivity contribution in [1.29, 1.82) is 5.26 Å². The summed E-state index contributed by atoms with van der Waals surface area (Å²) in [5.74, 6) is 0.904. The van der Waals surface area contributed by atoms with Crippen LogP contribution in [-0.4, -0.2) is 13.2 Å². The molecule has 0 aromatic heterocycles. The van der Waals surface area contributed by atoms with Gasteiger partial charge in [-0.25, -0.2) is 0 Å². The second kappa shape index (κ2) is 7.20. The maximum Gasteiger partial charge on any atom is 0.119 e. The highest BCUT2D eigenvalue weighted by atomic mass is 16.5. The van der Waals surface area contributed by atoms with Crippen LogP contribution in [0.5, 0.6) is 5.75 Å². The van der Waals surface area contributed by atoms with Gasteiger partial charge < -0.3 is 10.1 Å². The van der Waals surface area contributed by atoms with Crippen LogP contribution in [0.2, 0.25) is 0 Å². The fourth-order valence-corrected chi connectivity index (χ4v) is 1.91. The van der Waals surface area contributed by atoms with E-state index in [1.807, 2.05) is 55.5 Å². The number of anilines is 1. The van der Waals surface area contributed by atoms with Gasteiger partial charge in [0.2, 0.25) is 0 Å². The van der Waals surface area contributed by atoms with Gasteiger partial charge in [0.15, 0.2) is 0 Å². The van der Waals surface area contributed by atoms with Crippen LogP contribution < -0.4 is 10.1 Å². The van der Waals surface area contributed by atoms with E-state index in [9.17, 15) is 0 Å². The number of nitrogens with zero attached hydrogens (tertiary/aromatic N) is 1. The first-order chi connectivity index (χ1) is 9.79. The molecule has 102 valence electrons. The molecule has 0 aliphatic heterocycles. The Balaban J connectivity index is 1.71. The SMILES string of the molecule is Cc1cc(NCCCOc2ccccc2)ccc1C#N. The largest absolute Gasteiger partial charge is 0.494 e. The molecule has 0 unspecified atom stereocenters. The minimum atomic E-state index is 0.687. The first-order valence-corrected chi connectivity index (χ1v) is 6.72. The van der Waals surface area contributed by atoms with Gasteiger partial charge in [-0.1, -0.05) is 18.2 Å². The van der Waals surface area contributed by atoms with E-state index in [0.717, 1.165) is 35.5 Å². The van der Waals surface area contributed by atoms with Crippen LogP contribution in [0.25, 0.3) is 0 Å². The Morgan fingerprint density at radius 2 is 1.95 bits per heavy atom. The molecule has 0 saturated carbocycles. The van der Waals surface area contributed by atoms with Crippen LogP contribution >= 0.6 is 0 Å². The van der Waals surface area contributed by atoms with E-state index in [-0.39, 0.29) is 0 Å². The number of nitrogens with one attached hydrogen (secondary N) is 1. The second-order valence-electron chi connectivity index (χ2n) is 4.58. The van der Waals surface area contributed by atoms with Gasteiger partial charge in [-0.05, 0) is 49.2 Å². The fourth-order valence-electron chi connectivity index (χ4n) is 1.91. The highest BCUT2D eigenvalue weighted by Gasteiger charge is 1.98. The van der Waals surface area contributed by atoms with Gasteiger partial charge in [0.25, 0.3) is 0 Å². The highest BCUT2D eigenvalue weighted by molar-refractivity contribution is 5.51. The summed E-state index contributed by atoms with van der Waals surface area (Å²) in [6.07, 6.45) is 0.925. The summed E-state index contributed by atoms with van der Waals surface area (Å²) >= 11 is 0. The van der Waals surface area contributed by atoms with Gasteiger partial charge in [0.1, 0.15) is 5.75 Å². The van der Waals surface area contributed by atoms with Gasteiger partial charge >= 0.3 is 0 Å². The first kappa shape index (κ1) is 14.0. The molecule has 0 radical (unpaired) electrons. The van der Waals surface area contributed by atoms with Crippen molar-refractivity contribution in [3.05, 3.63) is 59.7 Å². The summed E-state index contributed by atoms with van der Waals surface area (Å²) in [6, 6.07) is 17.8. The van der Waals surface area contributed by atoms with Crippen molar-refractivity contribution in [3.8, 4) is 11.8 Å². The smallest absolute Gasteiger partial charge is 0.119 e. The maximum atomic E-state index is 8.88. The molecule has 0 spiro atoms. The minimum absolute atomic E-state index is 0.687. The minimum Gasteiger partial charge on any atom is -0.494 e. The topological polar surface area (TPSA) is 45.0 Å². The van der Waals surface area contributed by atoms with Crippen molar-refractivity contribution in [2.24, 2.45) is 0 Å². The fraction of sp³-hybridized carbons (Fsp3) is 0.235. The number of nitriles is 1. The predicted molar refractivity (Wildman–Crippen MR) is 80.9 cm³/mol. The van der Waals surface area contributed by atoms with Crippen LogP contribution in [0.15, 0.2) is 48.5 Å². The molecule has 20 heavy (non-hydrogen) atoms. The Hall–Kier alpha value is -2.47. The van der Waals surface area contributed by atoms with E-state index >= 15 is 0 Å². The monoisotopic (exact) mass is 266 g/mol. The molecule has 2 aromatic rings. The lowest BCUT2D eigenvalue weighted by Crippen LogP contribution is -2.07. The van der Waals surface area contributed by atoms with Gasteiger partial charge in [0.05, 0.1) is 18.2 Å². The lowest BCUT2D eigenvalue weighted by Gasteiger charge is -2.09. The number of benzene rings is 2. The van der Waals surface area contributed by atoms with E-state index in [4.69, 9.17) is 10.00 Å². The summed E-state index contributed by atoms with van der Waals surface area (Å²) in [4.78, 5) is 0. The summed E-state index contributed by atoms with van der Waals surface area (Å²) in [5, 5.41) is 12.2. The van der Waals surface area contributed by atoms with Crippen molar-refractivity contribution >= 4 is 5.69 Å². The van der Waals surface area contributed by atoms with E-state index in [1.165, 1.54) is 0 Å². The Kier molecular flexibility index (Phi) is 5.02. The number of rotatable bonds is 6. The maximum absolute atomic E-state index is 8.88. The van der Waals surface area contributed by atoms with Crippen molar-refractivity contribution in [1.82, 2.24) is 0 Å². The van der Waals surface area contributed by atoms with E-state index < -0.39 is 0 Å². The normalized spacial score (nSPS) is 9.80. The lowest BCUT2D eigenvalue weighted by atomic mass is 10.1. The molecule has 2 rings (SSSR count). The molecule has 0 bridgehead atoms. The molecule has 1 N–H and O–H groups in total. The van der Waals surface area contributed by atoms with Crippen LogP contribution in [0.4, 0.5) is 5.69 Å².